The predicted molar refractivity (Wildman–Crippen MR) is 68.0 cm³/mol. The summed E-state index contributed by atoms with van der Waals surface area (Å²) >= 11 is 0. The molecule has 0 saturated heterocycles. The standard InChI is InChI=1S/C14H27N/c1-12(2)8-10-15-11-9-14-6-4-13(3)5-7-14/h8,13-15H,4-7,9-11H2,1-3H3. The van der Waals surface area contributed by atoms with Crippen LogP contribution in [0.3, 0.4) is 0 Å². The fourth-order valence-corrected chi connectivity index (χ4v) is 2.30. The van der Waals surface area contributed by atoms with Crippen molar-refractivity contribution in [2.24, 2.45) is 11.8 Å². The lowest BCUT2D eigenvalue weighted by Gasteiger charge is -2.26. The van der Waals surface area contributed by atoms with Crippen LogP contribution in [0, 0.1) is 11.8 Å². The molecule has 0 aromatic heterocycles. The molecule has 1 N–H and O–H groups in total. The zero-order valence-electron chi connectivity index (χ0n) is 10.7. The Labute approximate surface area is 95.3 Å². The summed E-state index contributed by atoms with van der Waals surface area (Å²) in [5.41, 5.74) is 1.41. The van der Waals surface area contributed by atoms with Gasteiger partial charge < -0.3 is 5.32 Å². The van der Waals surface area contributed by atoms with Crippen LogP contribution in [0.2, 0.25) is 0 Å². The van der Waals surface area contributed by atoms with Crippen LogP contribution in [0.25, 0.3) is 0 Å². The minimum absolute atomic E-state index is 0.986. The molecule has 88 valence electrons. The van der Waals surface area contributed by atoms with Gasteiger partial charge in [0.25, 0.3) is 0 Å². The second-order valence-electron chi connectivity index (χ2n) is 5.40. The topological polar surface area (TPSA) is 12.0 Å². The Hall–Kier alpha value is -0.300. The van der Waals surface area contributed by atoms with E-state index in [2.05, 4.69) is 32.2 Å². The lowest BCUT2D eigenvalue weighted by Crippen LogP contribution is -2.21. The first-order valence-corrected chi connectivity index (χ1v) is 6.52. The van der Waals surface area contributed by atoms with E-state index >= 15 is 0 Å². The molecule has 0 aromatic rings. The molecule has 0 amide bonds. The fraction of sp³-hybridized carbons (Fsp3) is 0.857. The van der Waals surface area contributed by atoms with E-state index in [9.17, 15) is 0 Å². The Morgan fingerprint density at radius 2 is 1.87 bits per heavy atom. The van der Waals surface area contributed by atoms with Crippen molar-refractivity contribution in [1.29, 1.82) is 0 Å². The van der Waals surface area contributed by atoms with E-state index < -0.39 is 0 Å². The van der Waals surface area contributed by atoms with Crippen LogP contribution >= 0.6 is 0 Å². The lowest BCUT2D eigenvalue weighted by molar-refractivity contribution is 0.276. The number of hydrogen-bond acceptors (Lipinski definition) is 1. The van der Waals surface area contributed by atoms with Gasteiger partial charge in [-0.2, -0.15) is 0 Å². The fourth-order valence-electron chi connectivity index (χ4n) is 2.30. The summed E-state index contributed by atoms with van der Waals surface area (Å²) in [5.74, 6) is 1.99. The van der Waals surface area contributed by atoms with E-state index in [1.165, 1.54) is 44.2 Å². The van der Waals surface area contributed by atoms with E-state index in [0.717, 1.165) is 18.4 Å². The van der Waals surface area contributed by atoms with Crippen LogP contribution in [-0.4, -0.2) is 13.1 Å². The van der Waals surface area contributed by atoms with Crippen molar-refractivity contribution in [3.63, 3.8) is 0 Å². The van der Waals surface area contributed by atoms with Crippen molar-refractivity contribution >= 4 is 0 Å². The molecule has 15 heavy (non-hydrogen) atoms. The van der Waals surface area contributed by atoms with Gasteiger partial charge in [-0.15, -0.1) is 0 Å². The summed E-state index contributed by atoms with van der Waals surface area (Å²) in [5, 5.41) is 3.50. The third-order valence-electron chi connectivity index (χ3n) is 3.52. The van der Waals surface area contributed by atoms with Crippen LogP contribution < -0.4 is 5.32 Å². The Morgan fingerprint density at radius 3 is 2.47 bits per heavy atom. The highest BCUT2D eigenvalue weighted by atomic mass is 14.8. The van der Waals surface area contributed by atoms with Gasteiger partial charge in [0, 0.05) is 6.54 Å². The van der Waals surface area contributed by atoms with Crippen molar-refractivity contribution in [3.8, 4) is 0 Å². The maximum Gasteiger partial charge on any atom is 0.0137 e. The average molecular weight is 209 g/mol. The van der Waals surface area contributed by atoms with Crippen molar-refractivity contribution in [3.05, 3.63) is 11.6 Å². The number of rotatable bonds is 5. The molecule has 1 saturated carbocycles. The summed E-state index contributed by atoms with van der Waals surface area (Å²) in [7, 11) is 0. The van der Waals surface area contributed by atoms with Crippen molar-refractivity contribution in [2.75, 3.05) is 13.1 Å². The van der Waals surface area contributed by atoms with Gasteiger partial charge in [0.1, 0.15) is 0 Å². The Morgan fingerprint density at radius 1 is 1.20 bits per heavy atom. The molecule has 1 aliphatic rings. The maximum absolute atomic E-state index is 3.50. The molecule has 0 heterocycles. The van der Waals surface area contributed by atoms with Crippen LogP contribution in [0.15, 0.2) is 11.6 Å². The Bertz CT molecular complexity index is 184. The van der Waals surface area contributed by atoms with Crippen molar-refractivity contribution in [1.82, 2.24) is 5.32 Å². The Kier molecular flexibility index (Phi) is 6.00. The number of allylic oxidation sites excluding steroid dienone is 1. The highest BCUT2D eigenvalue weighted by molar-refractivity contribution is 4.94. The summed E-state index contributed by atoms with van der Waals surface area (Å²) in [6.07, 6.45) is 9.49. The molecule has 1 aliphatic carbocycles. The Balaban J connectivity index is 1.98. The number of nitrogens with one attached hydrogen (secondary N) is 1. The largest absolute Gasteiger partial charge is 0.313 e. The molecule has 0 unspecified atom stereocenters. The van der Waals surface area contributed by atoms with E-state index in [1.54, 1.807) is 0 Å². The van der Waals surface area contributed by atoms with Gasteiger partial charge in [-0.1, -0.05) is 44.3 Å². The van der Waals surface area contributed by atoms with Crippen LogP contribution in [0.4, 0.5) is 0 Å². The molecule has 0 atom stereocenters. The molecule has 0 radical (unpaired) electrons. The number of hydrogen-bond donors (Lipinski definition) is 1. The maximum atomic E-state index is 3.50. The van der Waals surface area contributed by atoms with E-state index in [0.29, 0.717) is 0 Å². The molecule has 0 aliphatic heterocycles. The molecule has 1 fully saturated rings. The van der Waals surface area contributed by atoms with E-state index in [-0.39, 0.29) is 0 Å². The second-order valence-corrected chi connectivity index (χ2v) is 5.40. The van der Waals surface area contributed by atoms with Crippen molar-refractivity contribution < 1.29 is 0 Å². The average Bonchev–Trinajstić information content (AvgIpc) is 2.20. The minimum atomic E-state index is 0.986. The zero-order valence-corrected chi connectivity index (χ0v) is 10.7. The second kappa shape index (κ2) is 7.05. The highest BCUT2D eigenvalue weighted by Gasteiger charge is 2.17. The highest BCUT2D eigenvalue weighted by Crippen LogP contribution is 2.29. The molecule has 1 rings (SSSR count). The van der Waals surface area contributed by atoms with Crippen LogP contribution in [0.5, 0.6) is 0 Å². The first-order chi connectivity index (χ1) is 7.18. The quantitative estimate of drug-likeness (QED) is 0.537. The summed E-state index contributed by atoms with van der Waals surface area (Å²) in [6, 6.07) is 0. The molecular weight excluding hydrogens is 182 g/mol. The lowest BCUT2D eigenvalue weighted by atomic mass is 9.81. The molecule has 1 nitrogen and oxygen atoms in total. The van der Waals surface area contributed by atoms with Gasteiger partial charge in [0.15, 0.2) is 0 Å². The van der Waals surface area contributed by atoms with Gasteiger partial charge in [-0.05, 0) is 38.6 Å². The third kappa shape index (κ3) is 5.99. The summed E-state index contributed by atoms with van der Waals surface area (Å²) in [6.45, 7) is 8.95. The van der Waals surface area contributed by atoms with Gasteiger partial charge in [-0.3, -0.25) is 0 Å². The van der Waals surface area contributed by atoms with Crippen LogP contribution in [-0.2, 0) is 0 Å². The first-order valence-electron chi connectivity index (χ1n) is 6.52. The SMILES string of the molecule is CC(C)=CCNCCC1CCC(C)CC1. The van der Waals surface area contributed by atoms with E-state index in [1.807, 2.05) is 0 Å². The molecule has 1 heteroatoms. The van der Waals surface area contributed by atoms with E-state index in [4.69, 9.17) is 0 Å². The normalized spacial score (nSPS) is 26.3. The minimum Gasteiger partial charge on any atom is -0.313 e. The molecule has 0 spiro atoms. The predicted octanol–water partition coefficient (Wildman–Crippen LogP) is 3.76. The van der Waals surface area contributed by atoms with Crippen LogP contribution in [0.1, 0.15) is 52.9 Å². The molecule has 0 aromatic carbocycles. The summed E-state index contributed by atoms with van der Waals surface area (Å²) < 4.78 is 0. The summed E-state index contributed by atoms with van der Waals surface area (Å²) in [4.78, 5) is 0. The third-order valence-corrected chi connectivity index (χ3v) is 3.52. The van der Waals surface area contributed by atoms with Gasteiger partial charge in [0.05, 0.1) is 0 Å². The smallest absolute Gasteiger partial charge is 0.0137 e. The monoisotopic (exact) mass is 209 g/mol. The molecule has 0 bridgehead atoms. The van der Waals surface area contributed by atoms with Gasteiger partial charge >= 0.3 is 0 Å². The zero-order chi connectivity index (χ0) is 11.1. The van der Waals surface area contributed by atoms with Crippen molar-refractivity contribution in [2.45, 2.75) is 52.9 Å². The van der Waals surface area contributed by atoms with Gasteiger partial charge in [-0.25, -0.2) is 0 Å². The first kappa shape index (κ1) is 12.8. The molecular formula is C14H27N. The van der Waals surface area contributed by atoms with Gasteiger partial charge in [0.2, 0.25) is 0 Å².